The molecule has 0 saturated heterocycles. The molecule has 3 aromatic carbocycles. The largest absolute Gasteiger partial charge is 0.545 e. The first-order valence-electron chi connectivity index (χ1n) is 5.38. The number of benzene rings is 3. The van der Waals surface area contributed by atoms with Crippen LogP contribution in [0.1, 0.15) is 10.4 Å². The molecule has 0 heterocycles. The van der Waals surface area contributed by atoms with E-state index in [2.05, 4.69) is 0 Å². The lowest BCUT2D eigenvalue weighted by atomic mass is 10.0. The Morgan fingerprint density at radius 2 is 1.53 bits per heavy atom. The standard InChI is InChI=1S/C15H10O2/c16-15(17)12-7-8-14-11(9-12)6-5-10-3-1-2-4-13(10)14/h1-9H,(H,16,17)/p-1. The first kappa shape index (κ1) is 9.85. The van der Waals surface area contributed by atoms with Gasteiger partial charge < -0.3 is 9.90 Å². The van der Waals surface area contributed by atoms with Crippen molar-refractivity contribution in [1.82, 2.24) is 0 Å². The summed E-state index contributed by atoms with van der Waals surface area (Å²) in [6.45, 7) is 0. The molecule has 0 aliphatic heterocycles. The zero-order valence-corrected chi connectivity index (χ0v) is 9.01. The van der Waals surface area contributed by atoms with Gasteiger partial charge in [0.15, 0.2) is 0 Å². The van der Waals surface area contributed by atoms with Crippen LogP contribution in [0.4, 0.5) is 0 Å². The Balaban J connectivity index is 2.41. The monoisotopic (exact) mass is 221 g/mol. The summed E-state index contributed by atoms with van der Waals surface area (Å²) >= 11 is 0. The van der Waals surface area contributed by atoms with Crippen LogP contribution in [0.3, 0.4) is 0 Å². The molecule has 0 N–H and O–H groups in total. The maximum Gasteiger partial charge on any atom is 0.0715 e. The number of rotatable bonds is 1. The highest BCUT2D eigenvalue weighted by Crippen LogP contribution is 2.25. The second-order valence-electron chi connectivity index (χ2n) is 4.01. The third-order valence-corrected chi connectivity index (χ3v) is 2.98. The number of fused-ring (bicyclic) bond motifs is 3. The molecule has 0 aliphatic carbocycles. The second kappa shape index (κ2) is 3.59. The molecule has 82 valence electrons. The van der Waals surface area contributed by atoms with E-state index in [1.807, 2.05) is 42.5 Å². The van der Waals surface area contributed by atoms with Gasteiger partial charge in [0.2, 0.25) is 0 Å². The molecule has 3 aromatic rings. The SMILES string of the molecule is O=C([O-])c1ccc2c(ccc3ccccc32)c1. The van der Waals surface area contributed by atoms with Crippen LogP contribution in [-0.4, -0.2) is 5.97 Å². The van der Waals surface area contributed by atoms with Gasteiger partial charge in [-0.2, -0.15) is 0 Å². The van der Waals surface area contributed by atoms with E-state index < -0.39 is 5.97 Å². The fourth-order valence-electron chi connectivity index (χ4n) is 2.14. The third-order valence-electron chi connectivity index (χ3n) is 2.98. The van der Waals surface area contributed by atoms with Gasteiger partial charge in [-0.25, -0.2) is 0 Å². The van der Waals surface area contributed by atoms with E-state index >= 15 is 0 Å². The molecule has 0 aromatic heterocycles. The topological polar surface area (TPSA) is 40.1 Å². The van der Waals surface area contributed by atoms with Gasteiger partial charge in [0.25, 0.3) is 0 Å². The fraction of sp³-hybridized carbons (Fsp3) is 0. The smallest absolute Gasteiger partial charge is 0.0715 e. The zero-order chi connectivity index (χ0) is 11.8. The molecule has 0 radical (unpaired) electrons. The van der Waals surface area contributed by atoms with Crippen LogP contribution in [-0.2, 0) is 0 Å². The van der Waals surface area contributed by atoms with E-state index in [1.54, 1.807) is 12.1 Å². The Morgan fingerprint density at radius 1 is 0.824 bits per heavy atom. The van der Waals surface area contributed by atoms with Crippen LogP contribution in [0.2, 0.25) is 0 Å². The van der Waals surface area contributed by atoms with Crippen LogP contribution in [0, 0.1) is 0 Å². The Morgan fingerprint density at radius 3 is 2.35 bits per heavy atom. The molecule has 2 nitrogen and oxygen atoms in total. The molecule has 0 aliphatic rings. The molecule has 0 fully saturated rings. The first-order valence-corrected chi connectivity index (χ1v) is 5.38. The van der Waals surface area contributed by atoms with Crippen molar-refractivity contribution in [3.8, 4) is 0 Å². The maximum absolute atomic E-state index is 10.8. The van der Waals surface area contributed by atoms with E-state index in [0.717, 1.165) is 21.5 Å². The average molecular weight is 221 g/mol. The molecule has 0 spiro atoms. The van der Waals surface area contributed by atoms with Gasteiger partial charge in [0.05, 0.1) is 5.97 Å². The summed E-state index contributed by atoms with van der Waals surface area (Å²) in [7, 11) is 0. The molecular formula is C15H9O2-. The Bertz CT molecular complexity index is 729. The third kappa shape index (κ3) is 1.54. The summed E-state index contributed by atoms with van der Waals surface area (Å²) < 4.78 is 0. The molecule has 0 saturated carbocycles. The highest BCUT2D eigenvalue weighted by atomic mass is 16.4. The normalized spacial score (nSPS) is 10.8. The van der Waals surface area contributed by atoms with Gasteiger partial charge in [-0.05, 0) is 33.2 Å². The van der Waals surface area contributed by atoms with E-state index in [1.165, 1.54) is 0 Å². The summed E-state index contributed by atoms with van der Waals surface area (Å²) in [6.07, 6.45) is 0. The minimum absolute atomic E-state index is 0.216. The van der Waals surface area contributed by atoms with Crippen molar-refractivity contribution in [2.75, 3.05) is 0 Å². The zero-order valence-electron chi connectivity index (χ0n) is 9.01. The minimum atomic E-state index is -1.14. The van der Waals surface area contributed by atoms with Crippen LogP contribution >= 0.6 is 0 Å². The van der Waals surface area contributed by atoms with Gasteiger partial charge in [0.1, 0.15) is 0 Å². The van der Waals surface area contributed by atoms with E-state index in [4.69, 9.17) is 0 Å². The molecule has 0 bridgehead atoms. The first-order chi connectivity index (χ1) is 8.25. The lowest BCUT2D eigenvalue weighted by Crippen LogP contribution is -2.21. The Labute approximate surface area is 98.1 Å². The van der Waals surface area contributed by atoms with Crippen molar-refractivity contribution in [3.63, 3.8) is 0 Å². The fourth-order valence-corrected chi connectivity index (χ4v) is 2.14. The number of carbonyl (C=O) groups is 1. The van der Waals surface area contributed by atoms with E-state index in [9.17, 15) is 9.90 Å². The highest BCUT2D eigenvalue weighted by molar-refractivity contribution is 6.08. The molecule has 3 rings (SSSR count). The van der Waals surface area contributed by atoms with Gasteiger partial charge in [-0.3, -0.25) is 0 Å². The molecule has 0 atom stereocenters. The van der Waals surface area contributed by atoms with Crippen molar-refractivity contribution in [2.24, 2.45) is 0 Å². The maximum atomic E-state index is 10.8. The molecular weight excluding hydrogens is 212 g/mol. The van der Waals surface area contributed by atoms with Crippen LogP contribution < -0.4 is 5.11 Å². The molecule has 0 unspecified atom stereocenters. The summed E-state index contributed by atoms with van der Waals surface area (Å²) in [5.41, 5.74) is 0.216. The van der Waals surface area contributed by atoms with Crippen molar-refractivity contribution < 1.29 is 9.90 Å². The summed E-state index contributed by atoms with van der Waals surface area (Å²) in [6, 6.07) is 17.1. The van der Waals surface area contributed by atoms with Crippen molar-refractivity contribution in [3.05, 3.63) is 60.2 Å². The van der Waals surface area contributed by atoms with Crippen molar-refractivity contribution in [2.45, 2.75) is 0 Å². The summed E-state index contributed by atoms with van der Waals surface area (Å²) in [4.78, 5) is 10.8. The van der Waals surface area contributed by atoms with E-state index in [0.29, 0.717) is 0 Å². The Kier molecular flexibility index (Phi) is 2.08. The van der Waals surface area contributed by atoms with Gasteiger partial charge in [-0.15, -0.1) is 0 Å². The lowest BCUT2D eigenvalue weighted by Gasteiger charge is -2.07. The van der Waals surface area contributed by atoms with Crippen molar-refractivity contribution in [1.29, 1.82) is 0 Å². The lowest BCUT2D eigenvalue weighted by molar-refractivity contribution is -0.255. The van der Waals surface area contributed by atoms with Gasteiger partial charge >= 0.3 is 0 Å². The predicted molar refractivity (Wildman–Crippen MR) is 65.8 cm³/mol. The summed E-state index contributed by atoms with van der Waals surface area (Å²) in [5.74, 6) is -1.14. The number of carboxylic acid groups (broad SMARTS) is 1. The number of hydrogen-bond acceptors (Lipinski definition) is 2. The average Bonchev–Trinajstić information content (AvgIpc) is 2.38. The number of aromatic carboxylic acids is 1. The van der Waals surface area contributed by atoms with Crippen LogP contribution in [0.25, 0.3) is 21.5 Å². The molecule has 2 heteroatoms. The Hall–Kier alpha value is -2.35. The molecule has 17 heavy (non-hydrogen) atoms. The van der Waals surface area contributed by atoms with Gasteiger partial charge in [0, 0.05) is 0 Å². The quantitative estimate of drug-likeness (QED) is 0.592. The number of carbonyl (C=O) groups excluding carboxylic acids is 1. The predicted octanol–water partition coefficient (Wildman–Crippen LogP) is 2.36. The number of hydrogen-bond donors (Lipinski definition) is 0. The number of carboxylic acids is 1. The van der Waals surface area contributed by atoms with E-state index in [-0.39, 0.29) is 5.56 Å². The highest BCUT2D eigenvalue weighted by Gasteiger charge is 2.01. The molecule has 0 amide bonds. The van der Waals surface area contributed by atoms with Crippen LogP contribution in [0.5, 0.6) is 0 Å². The summed E-state index contributed by atoms with van der Waals surface area (Å²) in [5, 5.41) is 15.1. The van der Waals surface area contributed by atoms with Gasteiger partial charge in [-0.1, -0.05) is 48.5 Å². The van der Waals surface area contributed by atoms with Crippen molar-refractivity contribution >= 4 is 27.5 Å². The minimum Gasteiger partial charge on any atom is -0.545 e. The second-order valence-corrected chi connectivity index (χ2v) is 4.01. The van der Waals surface area contributed by atoms with Crippen LogP contribution in [0.15, 0.2) is 54.6 Å².